The van der Waals surface area contributed by atoms with Crippen molar-refractivity contribution in [2.75, 3.05) is 33.5 Å². The highest BCUT2D eigenvalue weighted by atomic mass is 16.6. The fourth-order valence-corrected chi connectivity index (χ4v) is 3.26. The number of ether oxygens (including phenoxy) is 4. The minimum Gasteiger partial charge on any atom is -0.493 e. The summed E-state index contributed by atoms with van der Waals surface area (Å²) in [5, 5.41) is 11.6. The van der Waals surface area contributed by atoms with E-state index in [9.17, 15) is 14.9 Å². The van der Waals surface area contributed by atoms with Gasteiger partial charge in [0.05, 0.1) is 24.7 Å². The Morgan fingerprint density at radius 3 is 2.63 bits per heavy atom. The molecular weight excluding hydrogens is 392 g/mol. The van der Waals surface area contributed by atoms with E-state index in [0.717, 1.165) is 5.56 Å². The van der Waals surface area contributed by atoms with Crippen LogP contribution in [-0.2, 0) is 6.54 Å². The van der Waals surface area contributed by atoms with Gasteiger partial charge in [0.2, 0.25) is 0 Å². The first-order chi connectivity index (χ1) is 14.5. The standard InChI is InChI=1S/C21H24N2O7/c1-4-22(13-14-7-6-8-17-20(14)30-10-9-29-17)21(24)15-11-18(27-3)19(28-5-2)12-16(15)23(25)26/h6-8,11-12H,4-5,9-10,13H2,1-3H3. The van der Waals surface area contributed by atoms with E-state index in [2.05, 4.69) is 0 Å². The molecule has 9 nitrogen and oxygen atoms in total. The van der Waals surface area contributed by atoms with E-state index in [0.29, 0.717) is 37.9 Å². The number of benzene rings is 2. The maximum absolute atomic E-state index is 13.3. The molecule has 0 spiro atoms. The zero-order valence-electron chi connectivity index (χ0n) is 17.2. The summed E-state index contributed by atoms with van der Waals surface area (Å²) in [6.07, 6.45) is 0. The summed E-state index contributed by atoms with van der Waals surface area (Å²) in [5.74, 6) is 1.20. The molecule has 30 heavy (non-hydrogen) atoms. The molecule has 1 heterocycles. The molecule has 9 heteroatoms. The molecule has 2 aromatic carbocycles. The number of carbonyl (C=O) groups excluding carboxylic acids is 1. The summed E-state index contributed by atoms with van der Waals surface area (Å²) in [6, 6.07) is 8.05. The molecule has 0 saturated heterocycles. The number of nitro groups is 1. The average molecular weight is 416 g/mol. The molecule has 0 aliphatic carbocycles. The highest BCUT2D eigenvalue weighted by Crippen LogP contribution is 2.37. The number of carbonyl (C=O) groups is 1. The average Bonchev–Trinajstić information content (AvgIpc) is 2.76. The number of hydrogen-bond acceptors (Lipinski definition) is 7. The van der Waals surface area contributed by atoms with Gasteiger partial charge in [0.15, 0.2) is 23.0 Å². The molecule has 0 fully saturated rings. The van der Waals surface area contributed by atoms with Crippen molar-refractivity contribution in [1.29, 1.82) is 0 Å². The zero-order valence-corrected chi connectivity index (χ0v) is 17.2. The minimum atomic E-state index is -0.593. The zero-order chi connectivity index (χ0) is 21.7. The Hall–Kier alpha value is -3.49. The highest BCUT2D eigenvalue weighted by molar-refractivity contribution is 5.99. The van der Waals surface area contributed by atoms with Crippen LogP contribution < -0.4 is 18.9 Å². The van der Waals surface area contributed by atoms with Crippen LogP contribution in [0.3, 0.4) is 0 Å². The lowest BCUT2D eigenvalue weighted by molar-refractivity contribution is -0.385. The second-order valence-corrected chi connectivity index (χ2v) is 6.47. The number of methoxy groups -OCH3 is 1. The molecule has 2 aromatic rings. The van der Waals surface area contributed by atoms with E-state index in [1.54, 1.807) is 13.0 Å². The minimum absolute atomic E-state index is 0.0656. The first-order valence-corrected chi connectivity index (χ1v) is 9.66. The monoisotopic (exact) mass is 416 g/mol. The van der Waals surface area contributed by atoms with Crippen LogP contribution in [0.4, 0.5) is 5.69 Å². The number of amides is 1. The molecular formula is C21H24N2O7. The fraction of sp³-hybridized carbons (Fsp3) is 0.381. The van der Waals surface area contributed by atoms with Gasteiger partial charge < -0.3 is 23.8 Å². The second-order valence-electron chi connectivity index (χ2n) is 6.47. The van der Waals surface area contributed by atoms with E-state index in [4.69, 9.17) is 18.9 Å². The van der Waals surface area contributed by atoms with Crippen molar-refractivity contribution in [2.45, 2.75) is 20.4 Å². The van der Waals surface area contributed by atoms with Gasteiger partial charge in [-0.1, -0.05) is 12.1 Å². The first-order valence-electron chi connectivity index (χ1n) is 9.66. The van der Waals surface area contributed by atoms with Crippen molar-refractivity contribution in [3.63, 3.8) is 0 Å². The smallest absolute Gasteiger partial charge is 0.286 e. The molecule has 1 amide bonds. The molecule has 0 saturated carbocycles. The van der Waals surface area contributed by atoms with Crippen LogP contribution in [0.15, 0.2) is 30.3 Å². The van der Waals surface area contributed by atoms with Crippen LogP contribution in [0, 0.1) is 10.1 Å². The number of rotatable bonds is 8. The Labute approximate surface area is 174 Å². The highest BCUT2D eigenvalue weighted by Gasteiger charge is 2.28. The summed E-state index contributed by atoms with van der Waals surface area (Å²) in [4.78, 5) is 25.8. The van der Waals surface area contributed by atoms with E-state index < -0.39 is 10.8 Å². The molecule has 160 valence electrons. The van der Waals surface area contributed by atoms with Gasteiger partial charge in [0.1, 0.15) is 18.8 Å². The Morgan fingerprint density at radius 1 is 1.20 bits per heavy atom. The molecule has 0 aromatic heterocycles. The van der Waals surface area contributed by atoms with E-state index in [-0.39, 0.29) is 29.3 Å². The molecule has 1 aliphatic rings. The maximum Gasteiger partial charge on any atom is 0.286 e. The molecule has 1 aliphatic heterocycles. The van der Waals surface area contributed by atoms with Crippen LogP contribution in [0.25, 0.3) is 0 Å². The third-order valence-corrected chi connectivity index (χ3v) is 4.69. The third-order valence-electron chi connectivity index (χ3n) is 4.69. The van der Waals surface area contributed by atoms with Crippen molar-refractivity contribution in [3.05, 3.63) is 51.6 Å². The van der Waals surface area contributed by atoms with Crippen LogP contribution in [0.2, 0.25) is 0 Å². The van der Waals surface area contributed by atoms with Crippen molar-refractivity contribution >= 4 is 11.6 Å². The largest absolute Gasteiger partial charge is 0.493 e. The van der Waals surface area contributed by atoms with Crippen LogP contribution in [0.1, 0.15) is 29.8 Å². The normalized spacial score (nSPS) is 12.2. The number of nitrogens with zero attached hydrogens (tertiary/aromatic N) is 2. The second kappa shape index (κ2) is 9.34. The van der Waals surface area contributed by atoms with Gasteiger partial charge in [-0.25, -0.2) is 0 Å². The topological polar surface area (TPSA) is 100 Å². The van der Waals surface area contributed by atoms with Gasteiger partial charge in [-0.05, 0) is 19.9 Å². The predicted molar refractivity (Wildman–Crippen MR) is 109 cm³/mol. The van der Waals surface area contributed by atoms with Crippen molar-refractivity contribution in [2.24, 2.45) is 0 Å². The lowest BCUT2D eigenvalue weighted by Gasteiger charge is -2.25. The molecule has 0 atom stereocenters. The van der Waals surface area contributed by atoms with Gasteiger partial charge in [-0.3, -0.25) is 14.9 Å². The van der Waals surface area contributed by atoms with Gasteiger partial charge in [-0.15, -0.1) is 0 Å². The molecule has 3 rings (SSSR count). The maximum atomic E-state index is 13.3. The molecule has 0 unspecified atom stereocenters. The molecule has 0 N–H and O–H groups in total. The Kier molecular flexibility index (Phi) is 6.61. The lowest BCUT2D eigenvalue weighted by Crippen LogP contribution is -2.31. The van der Waals surface area contributed by atoms with Crippen molar-refractivity contribution < 1.29 is 28.7 Å². The van der Waals surface area contributed by atoms with Gasteiger partial charge >= 0.3 is 0 Å². The number of nitro benzene ring substituents is 1. The van der Waals surface area contributed by atoms with Crippen LogP contribution in [-0.4, -0.2) is 49.2 Å². The molecule has 0 bridgehead atoms. The SMILES string of the molecule is CCOc1cc([N+](=O)[O-])c(C(=O)N(CC)Cc2cccc3c2OCCO3)cc1OC. The molecule has 0 radical (unpaired) electrons. The summed E-state index contributed by atoms with van der Waals surface area (Å²) in [5.41, 5.74) is 0.365. The number of para-hydroxylation sites is 1. The lowest BCUT2D eigenvalue weighted by atomic mass is 10.1. The predicted octanol–water partition coefficient (Wildman–Crippen LogP) is 3.44. The third kappa shape index (κ3) is 4.24. The van der Waals surface area contributed by atoms with Gasteiger partial charge in [-0.2, -0.15) is 0 Å². The Balaban J connectivity index is 1.97. The first kappa shape index (κ1) is 21.2. The number of fused-ring (bicyclic) bond motifs is 1. The Morgan fingerprint density at radius 2 is 1.97 bits per heavy atom. The van der Waals surface area contributed by atoms with Crippen LogP contribution in [0.5, 0.6) is 23.0 Å². The van der Waals surface area contributed by atoms with Crippen LogP contribution >= 0.6 is 0 Å². The van der Waals surface area contributed by atoms with Crippen molar-refractivity contribution in [1.82, 2.24) is 4.90 Å². The van der Waals surface area contributed by atoms with Gasteiger partial charge in [0, 0.05) is 24.7 Å². The van der Waals surface area contributed by atoms with E-state index in [1.807, 2.05) is 19.1 Å². The quantitative estimate of drug-likeness (QED) is 0.480. The Bertz CT molecular complexity index is 945. The summed E-state index contributed by atoms with van der Waals surface area (Å²) < 4.78 is 22.0. The number of hydrogen-bond donors (Lipinski definition) is 0. The van der Waals surface area contributed by atoms with E-state index >= 15 is 0 Å². The summed E-state index contributed by atoms with van der Waals surface area (Å²) >= 11 is 0. The summed E-state index contributed by atoms with van der Waals surface area (Å²) in [7, 11) is 1.42. The van der Waals surface area contributed by atoms with E-state index in [1.165, 1.54) is 24.1 Å². The summed E-state index contributed by atoms with van der Waals surface area (Å²) in [6.45, 7) is 5.32. The van der Waals surface area contributed by atoms with Gasteiger partial charge in [0.25, 0.3) is 11.6 Å². The fourth-order valence-electron chi connectivity index (χ4n) is 3.26. The van der Waals surface area contributed by atoms with Crippen molar-refractivity contribution in [3.8, 4) is 23.0 Å².